The average molecular weight is 308 g/mol. The zero-order valence-corrected chi connectivity index (χ0v) is 14.6. The van der Waals surface area contributed by atoms with Gasteiger partial charge in [-0.05, 0) is 61.8 Å². The highest BCUT2D eigenvalue weighted by Gasteiger charge is 2.19. The number of hydrogen-bond donors (Lipinski definition) is 0. The number of aryl methyl sites for hydroxylation is 2. The van der Waals surface area contributed by atoms with E-state index in [4.69, 9.17) is 4.74 Å². The SMILES string of the molecule is Cc1cc(C)cc(COc2ccc(C3CCC(C)CC3)cc2)c1. The van der Waals surface area contributed by atoms with Crippen LogP contribution in [0.3, 0.4) is 0 Å². The van der Waals surface area contributed by atoms with Crippen molar-refractivity contribution in [1.29, 1.82) is 0 Å². The Bertz CT molecular complexity index is 613. The fraction of sp³-hybridized carbons (Fsp3) is 0.455. The van der Waals surface area contributed by atoms with Crippen LogP contribution in [0.15, 0.2) is 42.5 Å². The molecule has 1 heteroatoms. The first-order valence-electron chi connectivity index (χ1n) is 8.90. The molecule has 1 nitrogen and oxygen atoms in total. The minimum atomic E-state index is 0.642. The molecular formula is C22H28O. The van der Waals surface area contributed by atoms with Crippen molar-refractivity contribution in [3.63, 3.8) is 0 Å². The zero-order chi connectivity index (χ0) is 16.2. The molecule has 0 unspecified atom stereocenters. The molecule has 1 aliphatic carbocycles. The predicted molar refractivity (Wildman–Crippen MR) is 97.1 cm³/mol. The van der Waals surface area contributed by atoms with Gasteiger partial charge >= 0.3 is 0 Å². The van der Waals surface area contributed by atoms with E-state index in [0.717, 1.165) is 17.6 Å². The third-order valence-corrected chi connectivity index (χ3v) is 5.05. The highest BCUT2D eigenvalue weighted by Crippen LogP contribution is 2.35. The molecule has 3 rings (SSSR count). The molecule has 23 heavy (non-hydrogen) atoms. The molecule has 0 aliphatic heterocycles. The summed E-state index contributed by atoms with van der Waals surface area (Å²) in [6, 6.07) is 15.4. The van der Waals surface area contributed by atoms with Crippen molar-refractivity contribution in [2.75, 3.05) is 0 Å². The van der Waals surface area contributed by atoms with Crippen molar-refractivity contribution in [3.05, 3.63) is 64.7 Å². The summed E-state index contributed by atoms with van der Waals surface area (Å²) in [6.45, 7) is 7.29. The lowest BCUT2D eigenvalue weighted by Gasteiger charge is -2.26. The summed E-state index contributed by atoms with van der Waals surface area (Å²) in [4.78, 5) is 0. The minimum absolute atomic E-state index is 0.642. The van der Waals surface area contributed by atoms with E-state index < -0.39 is 0 Å². The molecule has 0 atom stereocenters. The maximum Gasteiger partial charge on any atom is 0.119 e. The van der Waals surface area contributed by atoms with Crippen LogP contribution in [0.1, 0.15) is 60.8 Å². The Morgan fingerprint density at radius 1 is 0.870 bits per heavy atom. The first kappa shape index (κ1) is 16.1. The lowest BCUT2D eigenvalue weighted by Crippen LogP contribution is -2.10. The molecule has 0 radical (unpaired) electrons. The molecule has 0 bridgehead atoms. The van der Waals surface area contributed by atoms with Gasteiger partial charge in [-0.25, -0.2) is 0 Å². The van der Waals surface area contributed by atoms with Crippen LogP contribution < -0.4 is 4.74 Å². The van der Waals surface area contributed by atoms with Crippen molar-refractivity contribution in [1.82, 2.24) is 0 Å². The van der Waals surface area contributed by atoms with Gasteiger partial charge in [0.2, 0.25) is 0 Å². The number of ether oxygens (including phenoxy) is 1. The highest BCUT2D eigenvalue weighted by molar-refractivity contribution is 5.31. The Morgan fingerprint density at radius 3 is 2.09 bits per heavy atom. The Labute approximate surface area is 140 Å². The molecule has 2 aromatic carbocycles. The van der Waals surface area contributed by atoms with Crippen molar-refractivity contribution in [2.24, 2.45) is 5.92 Å². The Kier molecular flexibility index (Phi) is 5.05. The van der Waals surface area contributed by atoms with Gasteiger partial charge in [0.25, 0.3) is 0 Å². The van der Waals surface area contributed by atoms with E-state index in [1.807, 2.05) is 0 Å². The molecule has 0 amide bonds. The van der Waals surface area contributed by atoms with Crippen LogP contribution in [0.5, 0.6) is 5.75 Å². The van der Waals surface area contributed by atoms with Crippen molar-refractivity contribution >= 4 is 0 Å². The lowest BCUT2D eigenvalue weighted by atomic mass is 9.79. The van der Waals surface area contributed by atoms with E-state index in [1.54, 1.807) is 0 Å². The zero-order valence-electron chi connectivity index (χ0n) is 14.6. The molecule has 0 saturated heterocycles. The molecule has 0 N–H and O–H groups in total. The first-order chi connectivity index (χ1) is 11.1. The van der Waals surface area contributed by atoms with Crippen LogP contribution >= 0.6 is 0 Å². The van der Waals surface area contributed by atoms with Crippen molar-refractivity contribution in [2.45, 2.75) is 59.0 Å². The second-order valence-electron chi connectivity index (χ2n) is 7.31. The van der Waals surface area contributed by atoms with Crippen LogP contribution in [0.2, 0.25) is 0 Å². The third-order valence-electron chi connectivity index (χ3n) is 5.05. The summed E-state index contributed by atoms with van der Waals surface area (Å²) in [6.07, 6.45) is 5.42. The second-order valence-corrected chi connectivity index (χ2v) is 7.31. The molecule has 122 valence electrons. The van der Waals surface area contributed by atoms with Crippen LogP contribution in [0.4, 0.5) is 0 Å². The van der Waals surface area contributed by atoms with Gasteiger partial charge in [0, 0.05) is 0 Å². The molecule has 1 aliphatic rings. The molecular weight excluding hydrogens is 280 g/mol. The minimum Gasteiger partial charge on any atom is -0.489 e. The summed E-state index contributed by atoms with van der Waals surface area (Å²) in [5.41, 5.74) is 5.32. The van der Waals surface area contributed by atoms with Crippen molar-refractivity contribution < 1.29 is 4.74 Å². The van der Waals surface area contributed by atoms with Gasteiger partial charge in [-0.2, -0.15) is 0 Å². The fourth-order valence-electron chi connectivity index (χ4n) is 3.75. The molecule has 0 aromatic heterocycles. The largest absolute Gasteiger partial charge is 0.489 e. The lowest BCUT2D eigenvalue weighted by molar-refractivity contribution is 0.305. The normalized spacial score (nSPS) is 21.2. The van der Waals surface area contributed by atoms with Crippen molar-refractivity contribution in [3.8, 4) is 5.75 Å². The van der Waals surface area contributed by atoms with Crippen LogP contribution in [0, 0.1) is 19.8 Å². The molecule has 0 spiro atoms. The summed E-state index contributed by atoms with van der Waals surface area (Å²) in [5.74, 6) is 2.63. The van der Waals surface area contributed by atoms with E-state index in [2.05, 4.69) is 63.2 Å². The number of benzene rings is 2. The molecule has 0 heterocycles. The van der Waals surface area contributed by atoms with Gasteiger partial charge in [0.05, 0.1) is 0 Å². The standard InChI is InChI=1S/C22H28O/c1-16-4-6-20(7-5-16)21-8-10-22(11-9-21)23-15-19-13-17(2)12-18(3)14-19/h8-14,16,20H,4-7,15H2,1-3H3. The van der Waals surface area contributed by atoms with Crippen LogP contribution in [-0.4, -0.2) is 0 Å². The Balaban J connectivity index is 1.59. The predicted octanol–water partition coefficient (Wildman–Crippen LogP) is 6.18. The van der Waals surface area contributed by atoms with Gasteiger partial charge in [0.15, 0.2) is 0 Å². The second kappa shape index (κ2) is 7.21. The van der Waals surface area contributed by atoms with Gasteiger partial charge in [0.1, 0.15) is 12.4 Å². The summed E-state index contributed by atoms with van der Waals surface area (Å²) in [5, 5.41) is 0. The molecule has 2 aromatic rings. The average Bonchev–Trinajstić information content (AvgIpc) is 2.53. The maximum absolute atomic E-state index is 5.96. The van der Waals surface area contributed by atoms with E-state index >= 15 is 0 Å². The number of rotatable bonds is 4. The van der Waals surface area contributed by atoms with E-state index in [-0.39, 0.29) is 0 Å². The highest BCUT2D eigenvalue weighted by atomic mass is 16.5. The maximum atomic E-state index is 5.96. The third kappa shape index (κ3) is 4.37. The van der Waals surface area contributed by atoms with Crippen LogP contribution in [-0.2, 0) is 6.61 Å². The van der Waals surface area contributed by atoms with Gasteiger partial charge in [-0.1, -0.05) is 61.2 Å². The first-order valence-corrected chi connectivity index (χ1v) is 8.90. The van der Waals surface area contributed by atoms with E-state index in [0.29, 0.717) is 6.61 Å². The van der Waals surface area contributed by atoms with Crippen LogP contribution in [0.25, 0.3) is 0 Å². The summed E-state index contributed by atoms with van der Waals surface area (Å²) >= 11 is 0. The quantitative estimate of drug-likeness (QED) is 0.655. The Morgan fingerprint density at radius 2 is 1.48 bits per heavy atom. The topological polar surface area (TPSA) is 9.23 Å². The molecule has 1 saturated carbocycles. The van der Waals surface area contributed by atoms with E-state index in [9.17, 15) is 0 Å². The van der Waals surface area contributed by atoms with Gasteiger partial charge in [-0.3, -0.25) is 0 Å². The summed E-state index contributed by atoms with van der Waals surface area (Å²) < 4.78 is 5.96. The fourth-order valence-corrected chi connectivity index (χ4v) is 3.75. The smallest absolute Gasteiger partial charge is 0.119 e. The Hall–Kier alpha value is -1.76. The molecule has 1 fully saturated rings. The monoisotopic (exact) mass is 308 g/mol. The van der Waals surface area contributed by atoms with Gasteiger partial charge < -0.3 is 4.74 Å². The van der Waals surface area contributed by atoms with Gasteiger partial charge in [-0.15, -0.1) is 0 Å². The van der Waals surface area contributed by atoms with E-state index in [1.165, 1.54) is 47.9 Å². The summed E-state index contributed by atoms with van der Waals surface area (Å²) in [7, 11) is 0. The number of hydrogen-bond acceptors (Lipinski definition) is 1.